The first-order chi connectivity index (χ1) is 19.1. The van der Waals surface area contributed by atoms with Crippen LogP contribution in [-0.4, -0.2) is 6.61 Å². The van der Waals surface area contributed by atoms with Crippen molar-refractivity contribution >= 4 is 7.82 Å². The van der Waals surface area contributed by atoms with Gasteiger partial charge in [0, 0.05) is 0 Å². The third-order valence-electron chi connectivity index (χ3n) is 8.25. The molecule has 7 heteroatoms. The first-order valence-electron chi connectivity index (χ1n) is 17.7. The standard InChI is InChI=1S/C34H71O4P.2Na/c1-2-3-4-5-6-7-8-9-10-11-12-13-14-15-16-17-18-19-20-21-22-23-24-25-26-27-28-29-30-31-32-33-34-38-39(35,36)37;;/h2-34H2,1H3,(H2,35,36,37);;/q;2*+1/p-2. The van der Waals surface area contributed by atoms with Gasteiger partial charge in [-0.3, -0.25) is 0 Å². The van der Waals surface area contributed by atoms with E-state index in [4.69, 9.17) is 0 Å². The van der Waals surface area contributed by atoms with Crippen molar-refractivity contribution in [1.82, 2.24) is 0 Å². The van der Waals surface area contributed by atoms with Gasteiger partial charge in [-0.2, -0.15) is 0 Å². The fraction of sp³-hybridized carbons (Fsp3) is 1.00. The molecule has 236 valence electrons. The number of phosphoric ester groups is 1. The minimum Gasteiger partial charge on any atom is -0.790 e. The second kappa shape index (κ2) is 40.1. The molecule has 0 bridgehead atoms. The minimum atomic E-state index is -4.77. The van der Waals surface area contributed by atoms with E-state index >= 15 is 0 Å². The van der Waals surface area contributed by atoms with E-state index in [1.54, 1.807) is 0 Å². The monoisotopic (exact) mass is 618 g/mol. The Morgan fingerprint density at radius 3 is 0.707 bits per heavy atom. The zero-order valence-electron chi connectivity index (χ0n) is 28.4. The summed E-state index contributed by atoms with van der Waals surface area (Å²) < 4.78 is 14.6. The molecular formula is C34H69Na2O4P. The molecule has 4 nitrogen and oxygen atoms in total. The SMILES string of the molecule is CCCCCCCCCCCCCCCCCCCCCCCCCCCCCCCCCCOP(=O)([O-])[O-].[Na+].[Na+]. The number of rotatable bonds is 34. The van der Waals surface area contributed by atoms with Gasteiger partial charge in [-0.05, 0) is 6.42 Å². The van der Waals surface area contributed by atoms with Crippen LogP contribution in [0.5, 0.6) is 0 Å². The molecule has 0 radical (unpaired) electrons. The van der Waals surface area contributed by atoms with Crippen LogP contribution in [-0.2, 0) is 9.09 Å². The molecule has 0 saturated heterocycles. The first kappa shape index (κ1) is 47.5. The molecule has 0 aliphatic rings. The van der Waals surface area contributed by atoms with Crippen molar-refractivity contribution in [3.8, 4) is 0 Å². The number of hydrogen-bond donors (Lipinski definition) is 0. The third kappa shape index (κ3) is 46.6. The number of phosphoric acid groups is 1. The quantitative estimate of drug-likeness (QED) is 0.0555. The van der Waals surface area contributed by atoms with Gasteiger partial charge in [-0.15, -0.1) is 0 Å². The molecule has 0 amide bonds. The van der Waals surface area contributed by atoms with Crippen molar-refractivity contribution in [2.24, 2.45) is 0 Å². The van der Waals surface area contributed by atoms with Crippen LogP contribution >= 0.6 is 7.82 Å². The normalized spacial score (nSPS) is 11.4. The molecule has 0 aliphatic heterocycles. The Hall–Kier alpha value is 2.11. The van der Waals surface area contributed by atoms with Crippen molar-refractivity contribution in [3.63, 3.8) is 0 Å². The molecular weight excluding hydrogens is 549 g/mol. The van der Waals surface area contributed by atoms with E-state index in [9.17, 15) is 14.4 Å². The van der Waals surface area contributed by atoms with Crippen molar-refractivity contribution in [2.45, 2.75) is 212 Å². The molecule has 0 unspecified atom stereocenters. The van der Waals surface area contributed by atoms with E-state index in [-0.39, 0.29) is 65.7 Å². The molecule has 0 aromatic rings. The van der Waals surface area contributed by atoms with Gasteiger partial charge in [0.15, 0.2) is 0 Å². The van der Waals surface area contributed by atoms with Crippen molar-refractivity contribution in [3.05, 3.63) is 0 Å². The summed E-state index contributed by atoms with van der Waals surface area (Å²) in [6.45, 7) is 2.34. The zero-order chi connectivity index (χ0) is 28.5. The molecule has 41 heavy (non-hydrogen) atoms. The fourth-order valence-electron chi connectivity index (χ4n) is 5.65. The Morgan fingerprint density at radius 2 is 0.537 bits per heavy atom. The minimum absolute atomic E-state index is 0. The van der Waals surface area contributed by atoms with Crippen molar-refractivity contribution in [1.29, 1.82) is 0 Å². The predicted octanol–water partition coefficient (Wildman–Crippen LogP) is 5.34. The van der Waals surface area contributed by atoms with Crippen molar-refractivity contribution in [2.75, 3.05) is 6.61 Å². The van der Waals surface area contributed by atoms with E-state index in [0.717, 1.165) is 12.8 Å². The van der Waals surface area contributed by atoms with Gasteiger partial charge in [-0.1, -0.05) is 206 Å². The van der Waals surface area contributed by atoms with Gasteiger partial charge >= 0.3 is 59.1 Å². The van der Waals surface area contributed by atoms with Gasteiger partial charge in [0.25, 0.3) is 0 Å². The maximum absolute atomic E-state index is 10.4. The maximum atomic E-state index is 10.4. The summed E-state index contributed by atoms with van der Waals surface area (Å²) in [5.41, 5.74) is 0. The summed E-state index contributed by atoms with van der Waals surface area (Å²) >= 11 is 0. The average Bonchev–Trinajstić information content (AvgIpc) is 2.90. The summed E-state index contributed by atoms with van der Waals surface area (Å²) in [5.74, 6) is 0. The summed E-state index contributed by atoms with van der Waals surface area (Å²) in [5, 5.41) is 0. The average molecular weight is 619 g/mol. The molecule has 0 aromatic heterocycles. The number of hydrogen-bond acceptors (Lipinski definition) is 4. The molecule has 0 fully saturated rings. The van der Waals surface area contributed by atoms with E-state index in [1.807, 2.05) is 0 Å². The second-order valence-corrected chi connectivity index (χ2v) is 13.4. The van der Waals surface area contributed by atoms with Crippen LogP contribution in [0.15, 0.2) is 0 Å². The Labute approximate surface area is 302 Å². The van der Waals surface area contributed by atoms with Crippen LogP contribution in [0.2, 0.25) is 0 Å². The maximum Gasteiger partial charge on any atom is 1.00 e. The molecule has 0 aromatic carbocycles. The van der Waals surface area contributed by atoms with Gasteiger partial charge in [0.05, 0.1) is 14.4 Å². The number of unbranched alkanes of at least 4 members (excludes halogenated alkanes) is 31. The fourth-order valence-corrected chi connectivity index (χ4v) is 6.01. The Morgan fingerprint density at radius 1 is 0.366 bits per heavy atom. The third-order valence-corrected chi connectivity index (χ3v) is 8.75. The molecule has 0 heterocycles. The van der Waals surface area contributed by atoms with E-state index < -0.39 is 7.82 Å². The Kier molecular flexibility index (Phi) is 46.5. The van der Waals surface area contributed by atoms with Gasteiger partial charge in [0.1, 0.15) is 0 Å². The van der Waals surface area contributed by atoms with Crippen molar-refractivity contribution < 1.29 is 78.0 Å². The van der Waals surface area contributed by atoms with Gasteiger partial charge in [0.2, 0.25) is 0 Å². The largest absolute Gasteiger partial charge is 1.00 e. The Balaban J connectivity index is -0.00000722. The van der Waals surface area contributed by atoms with Crippen LogP contribution in [0, 0.1) is 0 Å². The molecule has 0 saturated carbocycles. The molecule has 0 N–H and O–H groups in total. The van der Waals surface area contributed by atoms with Crippen LogP contribution in [0.4, 0.5) is 0 Å². The van der Waals surface area contributed by atoms with E-state index in [2.05, 4.69) is 11.4 Å². The smallest absolute Gasteiger partial charge is 0.790 e. The zero-order valence-corrected chi connectivity index (χ0v) is 33.3. The van der Waals surface area contributed by atoms with Gasteiger partial charge < -0.3 is 18.9 Å². The van der Waals surface area contributed by atoms with Gasteiger partial charge in [-0.25, -0.2) is 0 Å². The second-order valence-electron chi connectivity index (χ2n) is 12.2. The van der Waals surface area contributed by atoms with E-state index in [0.29, 0.717) is 6.42 Å². The predicted molar refractivity (Wildman–Crippen MR) is 167 cm³/mol. The molecule has 0 rings (SSSR count). The molecule has 0 spiro atoms. The Bertz CT molecular complexity index is 505. The molecule has 0 aliphatic carbocycles. The van der Waals surface area contributed by atoms with E-state index in [1.165, 1.54) is 186 Å². The topological polar surface area (TPSA) is 72.4 Å². The van der Waals surface area contributed by atoms with Crippen LogP contribution < -0.4 is 68.9 Å². The first-order valence-corrected chi connectivity index (χ1v) is 19.2. The van der Waals surface area contributed by atoms with Crippen LogP contribution in [0.1, 0.15) is 212 Å². The summed E-state index contributed by atoms with van der Waals surface area (Å²) in [6.07, 6.45) is 43.9. The summed E-state index contributed by atoms with van der Waals surface area (Å²) in [4.78, 5) is 20.7. The van der Waals surface area contributed by atoms with Crippen LogP contribution in [0.3, 0.4) is 0 Å². The summed E-state index contributed by atoms with van der Waals surface area (Å²) in [6, 6.07) is 0. The summed E-state index contributed by atoms with van der Waals surface area (Å²) in [7, 11) is -4.77. The van der Waals surface area contributed by atoms with Crippen LogP contribution in [0.25, 0.3) is 0 Å². The molecule has 0 atom stereocenters.